The molecule has 0 aliphatic carbocycles. The van der Waals surface area contributed by atoms with Crippen molar-refractivity contribution in [3.05, 3.63) is 35.9 Å². The summed E-state index contributed by atoms with van der Waals surface area (Å²) in [5.41, 5.74) is 0.382. The smallest absolute Gasteiger partial charge is 0.412 e. The minimum absolute atomic E-state index is 0.0703. The molecule has 1 fully saturated rings. The van der Waals surface area contributed by atoms with Gasteiger partial charge in [0.2, 0.25) is 0 Å². The Morgan fingerprint density at radius 2 is 1.96 bits per heavy atom. The molecule has 1 amide bonds. The predicted octanol–water partition coefficient (Wildman–Crippen LogP) is 4.16. The Bertz CT molecular complexity index is 602. The lowest BCUT2D eigenvalue weighted by molar-refractivity contribution is -0.0631. The van der Waals surface area contributed by atoms with Gasteiger partial charge in [0.05, 0.1) is 0 Å². The van der Waals surface area contributed by atoms with Gasteiger partial charge in [0.15, 0.2) is 9.04 Å². The van der Waals surface area contributed by atoms with Gasteiger partial charge in [0.25, 0.3) is 0 Å². The summed E-state index contributed by atoms with van der Waals surface area (Å²) in [5, 5.41) is 9.40. The van der Waals surface area contributed by atoms with Gasteiger partial charge in [-0.05, 0) is 49.3 Å². The topological polar surface area (TPSA) is 59.0 Å². The van der Waals surface area contributed by atoms with E-state index in [-0.39, 0.29) is 24.7 Å². The van der Waals surface area contributed by atoms with E-state index in [4.69, 9.17) is 9.16 Å². The Balaban J connectivity index is 2.21. The van der Waals surface area contributed by atoms with Crippen LogP contribution in [0.2, 0.25) is 13.1 Å². The first-order chi connectivity index (χ1) is 12.7. The number of nitrogens with zero attached hydrogens (tertiary/aromatic N) is 1. The number of carbonyl (C=O) groups excluding carboxylic acids is 1. The summed E-state index contributed by atoms with van der Waals surface area (Å²) < 4.78 is 12.1. The van der Waals surface area contributed by atoms with E-state index in [1.54, 1.807) is 4.90 Å². The quantitative estimate of drug-likeness (QED) is 0.707. The second-order valence-corrected chi connectivity index (χ2v) is 11.2. The van der Waals surface area contributed by atoms with Gasteiger partial charge >= 0.3 is 6.09 Å². The van der Waals surface area contributed by atoms with Crippen LogP contribution in [0.4, 0.5) is 4.79 Å². The molecule has 6 heteroatoms. The number of ether oxygens (including phenoxy) is 1. The van der Waals surface area contributed by atoms with Crippen molar-refractivity contribution in [3.63, 3.8) is 0 Å². The van der Waals surface area contributed by atoms with E-state index in [9.17, 15) is 9.90 Å². The first-order valence-electron chi connectivity index (χ1n) is 9.95. The van der Waals surface area contributed by atoms with Gasteiger partial charge in [-0.3, -0.25) is 4.90 Å². The number of likely N-dealkylation sites (tertiary alicyclic amines) is 1. The van der Waals surface area contributed by atoms with E-state index in [0.717, 1.165) is 12.0 Å². The average molecular weight is 394 g/mol. The summed E-state index contributed by atoms with van der Waals surface area (Å²) in [5.74, 6) is 0.327. The van der Waals surface area contributed by atoms with E-state index in [1.165, 1.54) is 0 Å². The fourth-order valence-corrected chi connectivity index (χ4v) is 4.99. The van der Waals surface area contributed by atoms with Gasteiger partial charge in [0, 0.05) is 13.2 Å². The summed E-state index contributed by atoms with van der Waals surface area (Å²) in [6, 6.07) is 9.72. The summed E-state index contributed by atoms with van der Waals surface area (Å²) >= 11 is 0. The maximum atomic E-state index is 13.0. The predicted molar refractivity (Wildman–Crippen MR) is 110 cm³/mol. The number of hydrogen-bond donors (Lipinski definition) is 1. The van der Waals surface area contributed by atoms with E-state index in [2.05, 4.69) is 33.9 Å². The molecule has 0 spiro atoms. The van der Waals surface area contributed by atoms with Crippen molar-refractivity contribution in [3.8, 4) is 0 Å². The van der Waals surface area contributed by atoms with Gasteiger partial charge in [-0.1, -0.05) is 51.1 Å². The second kappa shape index (κ2) is 9.21. The summed E-state index contributed by atoms with van der Waals surface area (Å²) in [6.45, 7) is 11.9. The Kier molecular flexibility index (Phi) is 7.48. The van der Waals surface area contributed by atoms with Crippen LogP contribution in [0, 0.1) is 11.3 Å². The number of amides is 1. The molecule has 2 rings (SSSR count). The monoisotopic (exact) mass is 393 g/mol. The minimum atomic E-state index is -1.40. The zero-order valence-electron chi connectivity index (χ0n) is 17.4. The third-order valence-electron chi connectivity index (χ3n) is 5.29. The maximum Gasteiger partial charge on any atom is 0.412 e. The van der Waals surface area contributed by atoms with Crippen LogP contribution in [-0.2, 0) is 15.8 Å². The molecule has 0 unspecified atom stereocenters. The van der Waals surface area contributed by atoms with E-state index in [1.807, 2.05) is 30.3 Å². The highest BCUT2D eigenvalue weighted by Crippen LogP contribution is 2.45. The fourth-order valence-electron chi connectivity index (χ4n) is 3.77. The lowest BCUT2D eigenvalue weighted by Gasteiger charge is -2.39. The van der Waals surface area contributed by atoms with Crippen molar-refractivity contribution >= 4 is 15.1 Å². The summed E-state index contributed by atoms with van der Waals surface area (Å²) in [4.78, 5) is 14.8. The number of aliphatic hydroxyl groups excluding tert-OH is 1. The normalized spacial score (nSPS) is 23.1. The molecular weight excluding hydrogens is 358 g/mol. The number of carbonyl (C=O) groups is 1. The van der Waals surface area contributed by atoms with Crippen molar-refractivity contribution in [2.75, 3.05) is 13.2 Å². The highest BCUT2D eigenvalue weighted by atomic mass is 28.3. The SMILES string of the molecule is C[SiH](C)O[C@]1(CCCO)C[C@H](C(C)(C)C)CN1C(=O)OCc1ccccc1. The lowest BCUT2D eigenvalue weighted by atomic mass is 9.78. The zero-order chi connectivity index (χ0) is 20.1. The average Bonchev–Trinajstić information content (AvgIpc) is 2.98. The first kappa shape index (κ1) is 21.9. The molecule has 1 saturated heterocycles. The number of aliphatic hydroxyl groups is 1. The van der Waals surface area contributed by atoms with Crippen molar-refractivity contribution in [2.45, 2.75) is 65.5 Å². The Labute approximate surface area is 165 Å². The molecule has 5 nitrogen and oxygen atoms in total. The Hall–Kier alpha value is -1.37. The zero-order valence-corrected chi connectivity index (χ0v) is 18.6. The van der Waals surface area contributed by atoms with Crippen molar-refractivity contribution in [1.82, 2.24) is 4.90 Å². The number of rotatable bonds is 7. The minimum Gasteiger partial charge on any atom is -0.444 e. The van der Waals surface area contributed by atoms with Gasteiger partial charge in [0.1, 0.15) is 12.3 Å². The van der Waals surface area contributed by atoms with Gasteiger partial charge < -0.3 is 14.3 Å². The fraction of sp³-hybridized carbons (Fsp3) is 0.667. The number of hydrogen-bond acceptors (Lipinski definition) is 4. The molecule has 0 bridgehead atoms. The van der Waals surface area contributed by atoms with E-state index < -0.39 is 14.8 Å². The molecule has 27 heavy (non-hydrogen) atoms. The first-order valence-corrected chi connectivity index (χ1v) is 12.7. The highest BCUT2D eigenvalue weighted by Gasteiger charge is 2.52. The van der Waals surface area contributed by atoms with Crippen molar-refractivity contribution in [2.24, 2.45) is 11.3 Å². The van der Waals surface area contributed by atoms with Gasteiger partial charge in [-0.25, -0.2) is 4.79 Å². The molecule has 1 heterocycles. The highest BCUT2D eigenvalue weighted by molar-refractivity contribution is 6.48. The summed E-state index contributed by atoms with van der Waals surface area (Å²) in [7, 11) is -1.40. The van der Waals surface area contributed by atoms with Crippen LogP contribution >= 0.6 is 0 Å². The standard InChI is InChI=1S/C21H35NO4Si/c1-20(2,3)18-14-21(12-9-13-23,26-27(4)5)22(15-18)19(24)25-16-17-10-7-6-8-11-17/h6-8,10-11,18,23,27H,9,12-16H2,1-5H3/t18-,21+/m0/s1. The molecular formula is C21H35NO4Si. The molecule has 152 valence electrons. The van der Waals surface area contributed by atoms with Crippen LogP contribution in [-0.4, -0.2) is 44.0 Å². The molecule has 1 aliphatic heterocycles. The molecule has 1 aromatic carbocycles. The Morgan fingerprint density at radius 1 is 1.30 bits per heavy atom. The van der Waals surface area contributed by atoms with E-state index >= 15 is 0 Å². The molecule has 1 aliphatic rings. The van der Waals surface area contributed by atoms with E-state index in [0.29, 0.717) is 25.3 Å². The maximum absolute atomic E-state index is 13.0. The van der Waals surface area contributed by atoms with Crippen LogP contribution in [0.3, 0.4) is 0 Å². The molecule has 1 N–H and O–H groups in total. The van der Waals surface area contributed by atoms with Crippen LogP contribution in [0.25, 0.3) is 0 Å². The molecule has 1 aromatic rings. The number of benzene rings is 1. The third-order valence-corrected chi connectivity index (χ3v) is 6.20. The van der Waals surface area contributed by atoms with Crippen LogP contribution in [0.1, 0.15) is 45.6 Å². The third kappa shape index (κ3) is 5.80. The molecule has 0 saturated carbocycles. The van der Waals surface area contributed by atoms with Crippen molar-refractivity contribution in [1.29, 1.82) is 0 Å². The molecule has 0 aromatic heterocycles. The van der Waals surface area contributed by atoms with Gasteiger partial charge in [-0.2, -0.15) is 0 Å². The second-order valence-electron chi connectivity index (χ2n) is 8.86. The molecule has 2 atom stereocenters. The Morgan fingerprint density at radius 3 is 2.52 bits per heavy atom. The summed E-state index contributed by atoms with van der Waals surface area (Å²) in [6.07, 6.45) is 1.72. The largest absolute Gasteiger partial charge is 0.444 e. The van der Waals surface area contributed by atoms with Crippen LogP contribution < -0.4 is 0 Å². The van der Waals surface area contributed by atoms with Crippen LogP contribution in [0.5, 0.6) is 0 Å². The van der Waals surface area contributed by atoms with Crippen LogP contribution in [0.15, 0.2) is 30.3 Å². The molecule has 0 radical (unpaired) electrons. The van der Waals surface area contributed by atoms with Crippen molar-refractivity contribution < 1.29 is 19.1 Å². The van der Waals surface area contributed by atoms with Gasteiger partial charge in [-0.15, -0.1) is 0 Å². The lowest BCUT2D eigenvalue weighted by Crippen LogP contribution is -2.51.